The van der Waals surface area contributed by atoms with Gasteiger partial charge in [0.05, 0.1) is 17.7 Å². The Bertz CT molecular complexity index is 794. The summed E-state index contributed by atoms with van der Waals surface area (Å²) in [6.45, 7) is 1.93. The summed E-state index contributed by atoms with van der Waals surface area (Å²) in [5.74, 6) is -0.247. The Labute approximate surface area is 156 Å². The van der Waals surface area contributed by atoms with Gasteiger partial charge in [0.25, 0.3) is 5.91 Å². The van der Waals surface area contributed by atoms with Gasteiger partial charge in [-0.05, 0) is 36.8 Å². The van der Waals surface area contributed by atoms with Crippen molar-refractivity contribution in [3.63, 3.8) is 0 Å². The summed E-state index contributed by atoms with van der Waals surface area (Å²) in [5, 5.41) is 6.11. The zero-order valence-corrected chi connectivity index (χ0v) is 15.4. The van der Waals surface area contributed by atoms with Crippen LogP contribution in [-0.2, 0) is 4.79 Å². The number of methoxy groups -OCH3 is 1. The lowest BCUT2D eigenvalue weighted by molar-refractivity contribution is -0.116. The third-order valence-corrected chi connectivity index (χ3v) is 3.84. The van der Waals surface area contributed by atoms with Gasteiger partial charge in [-0.3, -0.25) is 9.59 Å². The van der Waals surface area contributed by atoms with Crippen molar-refractivity contribution < 1.29 is 14.3 Å². The molecule has 0 aliphatic carbocycles. The highest BCUT2D eigenvalue weighted by molar-refractivity contribution is 6.36. The highest BCUT2D eigenvalue weighted by atomic mass is 35.5. The van der Waals surface area contributed by atoms with Gasteiger partial charge in [0.2, 0.25) is 5.91 Å². The lowest BCUT2D eigenvalue weighted by atomic mass is 10.1. The fourth-order valence-electron chi connectivity index (χ4n) is 2.26. The third kappa shape index (κ3) is 5.11. The molecule has 5 nitrogen and oxygen atoms in total. The number of amides is 2. The highest BCUT2D eigenvalue weighted by Gasteiger charge is 2.17. The average molecular weight is 381 g/mol. The monoisotopic (exact) mass is 380 g/mol. The Hall–Kier alpha value is -2.24. The van der Waals surface area contributed by atoms with Crippen LogP contribution in [0.25, 0.3) is 0 Å². The summed E-state index contributed by atoms with van der Waals surface area (Å²) in [6, 6.07) is 9.85. The Morgan fingerprint density at radius 1 is 1.08 bits per heavy atom. The van der Waals surface area contributed by atoms with E-state index in [0.717, 1.165) is 6.42 Å². The maximum Gasteiger partial charge on any atom is 0.259 e. The summed E-state index contributed by atoms with van der Waals surface area (Å²) in [5.41, 5.74) is 1.35. The number of ether oxygens (including phenoxy) is 1. The molecule has 0 aliphatic heterocycles. The van der Waals surface area contributed by atoms with Gasteiger partial charge in [-0.15, -0.1) is 0 Å². The van der Waals surface area contributed by atoms with E-state index in [9.17, 15) is 9.59 Å². The number of benzene rings is 2. The molecule has 2 amide bonds. The highest BCUT2D eigenvalue weighted by Crippen LogP contribution is 2.32. The second kappa shape index (κ2) is 8.74. The van der Waals surface area contributed by atoms with Gasteiger partial charge in [0, 0.05) is 22.8 Å². The number of halogens is 2. The Morgan fingerprint density at radius 3 is 2.40 bits per heavy atom. The minimum atomic E-state index is -0.418. The third-order valence-electron chi connectivity index (χ3n) is 3.34. The number of hydrogen-bond donors (Lipinski definition) is 2. The van der Waals surface area contributed by atoms with E-state index in [2.05, 4.69) is 10.6 Å². The fraction of sp³-hybridized carbons (Fsp3) is 0.222. The molecule has 2 rings (SSSR count). The van der Waals surface area contributed by atoms with Gasteiger partial charge in [-0.2, -0.15) is 0 Å². The summed E-state index contributed by atoms with van der Waals surface area (Å²) in [4.78, 5) is 24.2. The van der Waals surface area contributed by atoms with Crippen LogP contribution in [0.1, 0.15) is 30.1 Å². The van der Waals surface area contributed by atoms with Crippen molar-refractivity contribution in [2.75, 3.05) is 17.7 Å². The first-order valence-corrected chi connectivity index (χ1v) is 8.44. The molecule has 0 radical (unpaired) electrons. The van der Waals surface area contributed by atoms with Crippen LogP contribution in [0, 0.1) is 0 Å². The lowest BCUT2D eigenvalue weighted by Gasteiger charge is -2.12. The van der Waals surface area contributed by atoms with Crippen LogP contribution in [0.4, 0.5) is 11.4 Å². The zero-order valence-electron chi connectivity index (χ0n) is 13.9. The number of carbonyl (C=O) groups is 2. The minimum absolute atomic E-state index is 0.0748. The molecule has 0 spiro atoms. The molecule has 2 aromatic carbocycles. The van der Waals surface area contributed by atoms with Crippen LogP contribution < -0.4 is 15.4 Å². The van der Waals surface area contributed by atoms with Crippen LogP contribution in [0.5, 0.6) is 5.75 Å². The first kappa shape index (κ1) is 19.1. The summed E-state index contributed by atoms with van der Waals surface area (Å²) < 4.78 is 5.18. The quantitative estimate of drug-likeness (QED) is 0.741. The second-order valence-electron chi connectivity index (χ2n) is 5.30. The molecule has 0 unspecified atom stereocenters. The maximum absolute atomic E-state index is 12.5. The minimum Gasteiger partial charge on any atom is -0.494 e. The van der Waals surface area contributed by atoms with Crippen molar-refractivity contribution >= 4 is 46.4 Å². The van der Waals surface area contributed by atoms with Crippen LogP contribution in [0.2, 0.25) is 10.0 Å². The number of carbonyl (C=O) groups excluding carboxylic acids is 2. The van der Waals surface area contributed by atoms with E-state index in [1.165, 1.54) is 19.2 Å². The molecular formula is C18H18Cl2N2O3. The number of anilines is 2. The second-order valence-corrected chi connectivity index (χ2v) is 6.15. The first-order valence-electron chi connectivity index (χ1n) is 7.69. The molecule has 25 heavy (non-hydrogen) atoms. The summed E-state index contributed by atoms with van der Waals surface area (Å²) >= 11 is 12.0. The zero-order chi connectivity index (χ0) is 18.4. The van der Waals surface area contributed by atoms with E-state index in [-0.39, 0.29) is 22.2 Å². The normalized spacial score (nSPS) is 10.2. The van der Waals surface area contributed by atoms with E-state index in [4.69, 9.17) is 27.9 Å². The molecular weight excluding hydrogens is 363 g/mol. The molecule has 7 heteroatoms. The molecule has 0 atom stereocenters. The Morgan fingerprint density at radius 2 is 1.76 bits per heavy atom. The molecule has 2 aromatic rings. The Kier molecular flexibility index (Phi) is 6.67. The van der Waals surface area contributed by atoms with Gasteiger partial charge in [-0.1, -0.05) is 36.2 Å². The largest absolute Gasteiger partial charge is 0.494 e. The number of nitrogens with one attached hydrogen (secondary N) is 2. The van der Waals surface area contributed by atoms with Crippen molar-refractivity contribution in [3.8, 4) is 5.75 Å². The Balaban J connectivity index is 2.20. The van der Waals surface area contributed by atoms with Gasteiger partial charge in [0.1, 0.15) is 5.75 Å². The standard InChI is InChI=1S/C18H18Cl2N2O3/c1-3-5-16(23)21-12-6-4-7-13(10-12)22-18(24)14-8-11(19)9-15(20)17(14)25-2/h4,6-10H,3,5H2,1-2H3,(H,21,23)(H,22,24). The van der Waals surface area contributed by atoms with Gasteiger partial charge < -0.3 is 15.4 Å². The smallest absolute Gasteiger partial charge is 0.259 e. The van der Waals surface area contributed by atoms with Crippen LogP contribution in [-0.4, -0.2) is 18.9 Å². The van der Waals surface area contributed by atoms with Gasteiger partial charge in [-0.25, -0.2) is 0 Å². The van der Waals surface area contributed by atoms with Crippen LogP contribution in [0.15, 0.2) is 36.4 Å². The number of hydrogen-bond acceptors (Lipinski definition) is 3. The molecule has 0 saturated heterocycles. The van der Waals surface area contributed by atoms with E-state index in [1.807, 2.05) is 6.92 Å². The maximum atomic E-state index is 12.5. The van der Waals surface area contributed by atoms with E-state index < -0.39 is 5.91 Å². The molecule has 0 fully saturated rings. The van der Waals surface area contributed by atoms with E-state index in [0.29, 0.717) is 22.8 Å². The molecule has 0 heterocycles. The average Bonchev–Trinajstić information content (AvgIpc) is 2.54. The predicted molar refractivity (Wildman–Crippen MR) is 101 cm³/mol. The first-order chi connectivity index (χ1) is 11.9. The summed E-state index contributed by atoms with van der Waals surface area (Å²) in [7, 11) is 1.43. The molecule has 2 N–H and O–H groups in total. The lowest BCUT2D eigenvalue weighted by Crippen LogP contribution is -2.14. The van der Waals surface area contributed by atoms with Crippen LogP contribution in [0.3, 0.4) is 0 Å². The predicted octanol–water partition coefficient (Wildman–Crippen LogP) is 4.99. The van der Waals surface area contributed by atoms with Crippen molar-refractivity contribution in [2.24, 2.45) is 0 Å². The van der Waals surface area contributed by atoms with Crippen molar-refractivity contribution in [1.82, 2.24) is 0 Å². The number of rotatable bonds is 6. The molecule has 0 bridgehead atoms. The van der Waals surface area contributed by atoms with Crippen molar-refractivity contribution in [2.45, 2.75) is 19.8 Å². The SMILES string of the molecule is CCCC(=O)Nc1cccc(NC(=O)c2cc(Cl)cc(Cl)c2OC)c1. The topological polar surface area (TPSA) is 67.4 Å². The molecule has 132 valence electrons. The van der Waals surface area contributed by atoms with Crippen LogP contribution >= 0.6 is 23.2 Å². The van der Waals surface area contributed by atoms with Gasteiger partial charge >= 0.3 is 0 Å². The van der Waals surface area contributed by atoms with E-state index >= 15 is 0 Å². The van der Waals surface area contributed by atoms with Crippen molar-refractivity contribution in [3.05, 3.63) is 52.0 Å². The molecule has 0 aromatic heterocycles. The fourth-order valence-corrected chi connectivity index (χ4v) is 2.83. The molecule has 0 aliphatic rings. The van der Waals surface area contributed by atoms with E-state index in [1.54, 1.807) is 24.3 Å². The van der Waals surface area contributed by atoms with Crippen molar-refractivity contribution in [1.29, 1.82) is 0 Å². The summed E-state index contributed by atoms with van der Waals surface area (Å²) in [6.07, 6.45) is 1.20. The van der Waals surface area contributed by atoms with Gasteiger partial charge in [0.15, 0.2) is 0 Å². The molecule has 0 saturated carbocycles.